The molecule has 0 aromatic heterocycles. The second-order valence-electron chi connectivity index (χ2n) is 6.61. The quantitative estimate of drug-likeness (QED) is 0.887. The number of hydrogen-bond donors (Lipinski definition) is 1. The van der Waals surface area contributed by atoms with E-state index in [0.29, 0.717) is 24.3 Å². The first-order chi connectivity index (χ1) is 12.5. The minimum atomic E-state index is -3.47. The Morgan fingerprint density at radius 2 is 1.54 bits per heavy atom. The Labute approximate surface area is 155 Å². The number of anilines is 1. The van der Waals surface area contributed by atoms with E-state index >= 15 is 0 Å². The van der Waals surface area contributed by atoms with Crippen LogP contribution in [0, 0.1) is 6.92 Å². The molecule has 0 spiro atoms. The molecular formula is C20H24N2O3S. The van der Waals surface area contributed by atoms with E-state index in [1.54, 1.807) is 34.6 Å². The van der Waals surface area contributed by atoms with Crippen LogP contribution in [0.3, 0.4) is 0 Å². The van der Waals surface area contributed by atoms with E-state index in [9.17, 15) is 13.2 Å². The molecule has 26 heavy (non-hydrogen) atoms. The number of hydrogen-bond acceptors (Lipinski definition) is 3. The van der Waals surface area contributed by atoms with E-state index in [2.05, 4.69) is 5.32 Å². The highest BCUT2D eigenvalue weighted by atomic mass is 32.2. The normalized spacial score (nSPS) is 16.0. The molecule has 3 rings (SSSR count). The summed E-state index contributed by atoms with van der Waals surface area (Å²) in [5.41, 5.74) is 2.08. The van der Waals surface area contributed by atoms with E-state index in [-0.39, 0.29) is 10.8 Å². The van der Waals surface area contributed by atoms with Crippen molar-refractivity contribution in [2.24, 2.45) is 0 Å². The van der Waals surface area contributed by atoms with Crippen LogP contribution in [0.25, 0.3) is 0 Å². The van der Waals surface area contributed by atoms with Crippen molar-refractivity contribution in [3.63, 3.8) is 0 Å². The van der Waals surface area contributed by atoms with E-state index in [4.69, 9.17) is 0 Å². The van der Waals surface area contributed by atoms with Crippen LogP contribution in [0.1, 0.15) is 41.6 Å². The van der Waals surface area contributed by atoms with Crippen molar-refractivity contribution in [3.8, 4) is 0 Å². The Bertz CT molecular complexity index is 868. The summed E-state index contributed by atoms with van der Waals surface area (Å²) in [5.74, 6) is -0.203. The van der Waals surface area contributed by atoms with Gasteiger partial charge in [0.25, 0.3) is 5.91 Å². The second-order valence-corrected chi connectivity index (χ2v) is 8.55. The zero-order valence-corrected chi connectivity index (χ0v) is 15.8. The van der Waals surface area contributed by atoms with Gasteiger partial charge in [-0.05, 0) is 55.7 Å². The summed E-state index contributed by atoms with van der Waals surface area (Å²) in [7, 11) is -3.47. The van der Waals surface area contributed by atoms with Gasteiger partial charge in [0.2, 0.25) is 10.0 Å². The monoisotopic (exact) mass is 372 g/mol. The van der Waals surface area contributed by atoms with Crippen molar-refractivity contribution >= 4 is 21.6 Å². The lowest BCUT2D eigenvalue weighted by molar-refractivity contribution is 0.102. The molecule has 1 amide bonds. The van der Waals surface area contributed by atoms with Crippen molar-refractivity contribution in [2.45, 2.75) is 37.5 Å². The molecule has 1 fully saturated rings. The van der Waals surface area contributed by atoms with Crippen LogP contribution in [0.4, 0.5) is 5.69 Å². The molecule has 0 aliphatic carbocycles. The van der Waals surface area contributed by atoms with Crippen LogP contribution in [0.5, 0.6) is 0 Å². The Kier molecular flexibility index (Phi) is 5.74. The molecule has 1 N–H and O–H groups in total. The maximum absolute atomic E-state index is 12.8. The molecule has 138 valence electrons. The van der Waals surface area contributed by atoms with Crippen LogP contribution in [-0.2, 0) is 10.0 Å². The lowest BCUT2D eigenvalue weighted by atomic mass is 10.1. The molecule has 0 bridgehead atoms. The fraction of sp³-hybridized carbons (Fsp3) is 0.350. The minimum Gasteiger partial charge on any atom is -0.322 e. The molecular weight excluding hydrogens is 348 g/mol. The summed E-state index contributed by atoms with van der Waals surface area (Å²) >= 11 is 0. The van der Waals surface area contributed by atoms with Crippen molar-refractivity contribution in [1.82, 2.24) is 4.31 Å². The predicted molar refractivity (Wildman–Crippen MR) is 103 cm³/mol. The third kappa shape index (κ3) is 4.14. The molecule has 1 heterocycles. The van der Waals surface area contributed by atoms with Gasteiger partial charge in [0.1, 0.15) is 0 Å². The van der Waals surface area contributed by atoms with Crippen molar-refractivity contribution in [3.05, 3.63) is 59.7 Å². The number of nitrogens with zero attached hydrogens (tertiary/aromatic N) is 1. The number of benzene rings is 2. The summed E-state index contributed by atoms with van der Waals surface area (Å²) in [6.45, 7) is 3.04. The average Bonchev–Trinajstić information content (AvgIpc) is 2.92. The Balaban J connectivity index is 1.74. The number of carbonyl (C=O) groups excluding carboxylic acids is 1. The van der Waals surface area contributed by atoms with E-state index < -0.39 is 10.0 Å². The molecule has 2 aromatic carbocycles. The zero-order valence-electron chi connectivity index (χ0n) is 14.9. The van der Waals surface area contributed by atoms with E-state index in [1.807, 2.05) is 25.1 Å². The molecule has 0 unspecified atom stereocenters. The van der Waals surface area contributed by atoms with Gasteiger partial charge in [-0.2, -0.15) is 4.31 Å². The summed E-state index contributed by atoms with van der Waals surface area (Å²) in [6.07, 6.45) is 3.97. The van der Waals surface area contributed by atoms with Crippen LogP contribution < -0.4 is 5.32 Å². The van der Waals surface area contributed by atoms with E-state index in [0.717, 1.165) is 31.2 Å². The molecule has 6 heteroatoms. The summed E-state index contributed by atoms with van der Waals surface area (Å²) in [5, 5.41) is 2.82. The first-order valence-electron chi connectivity index (χ1n) is 8.96. The Hall–Kier alpha value is -2.18. The van der Waals surface area contributed by atoms with Gasteiger partial charge in [-0.3, -0.25) is 4.79 Å². The highest BCUT2D eigenvalue weighted by molar-refractivity contribution is 7.89. The molecule has 1 aliphatic rings. The predicted octanol–water partition coefficient (Wildman–Crippen LogP) is 3.81. The third-order valence-electron chi connectivity index (χ3n) is 4.70. The first kappa shape index (κ1) is 18.6. The number of carbonyl (C=O) groups is 1. The van der Waals surface area contributed by atoms with Crippen LogP contribution in [-0.4, -0.2) is 31.7 Å². The van der Waals surface area contributed by atoms with Gasteiger partial charge >= 0.3 is 0 Å². The van der Waals surface area contributed by atoms with Gasteiger partial charge < -0.3 is 5.32 Å². The van der Waals surface area contributed by atoms with Crippen molar-refractivity contribution < 1.29 is 13.2 Å². The standard InChI is InChI=1S/C20H24N2O3S/c1-16-8-4-5-9-19(16)20(23)21-17-10-12-18(13-11-17)26(24,25)22-14-6-2-3-7-15-22/h4-5,8-13H,2-3,6-7,14-15H2,1H3,(H,21,23). The highest BCUT2D eigenvalue weighted by Gasteiger charge is 2.25. The molecule has 2 aromatic rings. The lowest BCUT2D eigenvalue weighted by Crippen LogP contribution is -2.31. The molecule has 0 atom stereocenters. The maximum Gasteiger partial charge on any atom is 0.255 e. The van der Waals surface area contributed by atoms with Gasteiger partial charge in [-0.25, -0.2) is 8.42 Å². The SMILES string of the molecule is Cc1ccccc1C(=O)Nc1ccc(S(=O)(=O)N2CCCCCC2)cc1. The summed E-state index contributed by atoms with van der Waals surface area (Å²) in [4.78, 5) is 12.6. The number of rotatable bonds is 4. The van der Waals surface area contributed by atoms with Gasteiger partial charge in [0.15, 0.2) is 0 Å². The maximum atomic E-state index is 12.8. The van der Waals surface area contributed by atoms with E-state index in [1.165, 1.54) is 0 Å². The summed E-state index contributed by atoms with van der Waals surface area (Å²) < 4.78 is 27.1. The highest BCUT2D eigenvalue weighted by Crippen LogP contribution is 2.22. The molecule has 0 saturated carbocycles. The Morgan fingerprint density at radius 1 is 0.923 bits per heavy atom. The molecule has 1 aliphatic heterocycles. The average molecular weight is 372 g/mol. The van der Waals surface area contributed by atoms with Crippen molar-refractivity contribution in [2.75, 3.05) is 18.4 Å². The number of nitrogens with one attached hydrogen (secondary N) is 1. The van der Waals surface area contributed by atoms with Gasteiger partial charge in [0, 0.05) is 24.3 Å². The van der Waals surface area contributed by atoms with Gasteiger partial charge in [-0.1, -0.05) is 31.0 Å². The number of aryl methyl sites for hydroxylation is 1. The first-order valence-corrected chi connectivity index (χ1v) is 10.4. The second kappa shape index (κ2) is 8.01. The topological polar surface area (TPSA) is 66.5 Å². The number of sulfonamides is 1. The molecule has 1 saturated heterocycles. The van der Waals surface area contributed by atoms with Crippen molar-refractivity contribution in [1.29, 1.82) is 0 Å². The zero-order chi connectivity index (χ0) is 18.6. The number of amides is 1. The largest absolute Gasteiger partial charge is 0.322 e. The van der Waals surface area contributed by atoms with Crippen LogP contribution in [0.2, 0.25) is 0 Å². The summed E-state index contributed by atoms with van der Waals surface area (Å²) in [6, 6.07) is 13.8. The van der Waals surface area contributed by atoms with Gasteiger partial charge in [0.05, 0.1) is 4.90 Å². The fourth-order valence-electron chi connectivity index (χ4n) is 3.17. The molecule has 0 radical (unpaired) electrons. The smallest absolute Gasteiger partial charge is 0.255 e. The Morgan fingerprint density at radius 3 is 2.15 bits per heavy atom. The lowest BCUT2D eigenvalue weighted by Gasteiger charge is -2.20. The van der Waals surface area contributed by atoms with Crippen LogP contribution in [0.15, 0.2) is 53.4 Å². The third-order valence-corrected chi connectivity index (χ3v) is 6.62. The van der Waals surface area contributed by atoms with Gasteiger partial charge in [-0.15, -0.1) is 0 Å². The van der Waals surface area contributed by atoms with Crippen LogP contribution >= 0.6 is 0 Å². The molecule has 5 nitrogen and oxygen atoms in total. The fourth-order valence-corrected chi connectivity index (χ4v) is 4.68. The minimum absolute atomic E-state index is 0.203.